The Balaban J connectivity index is 1.61. The highest BCUT2D eigenvalue weighted by atomic mass is 16.4. The summed E-state index contributed by atoms with van der Waals surface area (Å²) in [5.41, 5.74) is 2.35. The van der Waals surface area contributed by atoms with E-state index in [1.54, 1.807) is 0 Å². The van der Waals surface area contributed by atoms with Crippen molar-refractivity contribution < 1.29 is 4.42 Å². The van der Waals surface area contributed by atoms with Crippen LogP contribution in [0.25, 0.3) is 11.1 Å². The second-order valence-electron chi connectivity index (χ2n) is 4.73. The maximum Gasteiger partial charge on any atom is 0.417 e. The first-order valence-corrected chi connectivity index (χ1v) is 6.41. The summed E-state index contributed by atoms with van der Waals surface area (Å²) in [5.74, 6) is -0.405. The van der Waals surface area contributed by atoms with Crippen LogP contribution in [-0.4, -0.2) is 24.1 Å². The average Bonchev–Trinajstić information content (AvgIpc) is 2.96. The topological polar surface area (TPSA) is 70.1 Å². The molecule has 0 aliphatic carbocycles. The average molecular weight is 247 g/mol. The Morgan fingerprint density at radius 2 is 2.39 bits per heavy atom. The molecule has 1 aromatic carbocycles. The fourth-order valence-corrected chi connectivity index (χ4v) is 2.46. The molecule has 1 fully saturated rings. The van der Waals surface area contributed by atoms with Gasteiger partial charge in [0.25, 0.3) is 0 Å². The van der Waals surface area contributed by atoms with E-state index in [2.05, 4.69) is 15.6 Å². The van der Waals surface area contributed by atoms with E-state index in [4.69, 9.17) is 4.42 Å². The first-order chi connectivity index (χ1) is 8.81. The molecule has 0 radical (unpaired) electrons. The van der Waals surface area contributed by atoms with Gasteiger partial charge in [0.15, 0.2) is 5.58 Å². The van der Waals surface area contributed by atoms with Crippen LogP contribution in [0.15, 0.2) is 27.4 Å². The van der Waals surface area contributed by atoms with Crippen molar-refractivity contribution in [1.29, 1.82) is 0 Å². The number of hydrogen-bond donors (Lipinski definition) is 3. The minimum Gasteiger partial charge on any atom is -0.408 e. The molecule has 1 aliphatic rings. The molecule has 0 amide bonds. The number of aromatic nitrogens is 1. The lowest BCUT2D eigenvalue weighted by atomic mass is 10.1. The Labute approximate surface area is 105 Å². The van der Waals surface area contributed by atoms with Crippen molar-refractivity contribution in [1.82, 2.24) is 10.3 Å². The van der Waals surface area contributed by atoms with Gasteiger partial charge in [0.1, 0.15) is 0 Å². The Morgan fingerprint density at radius 1 is 1.44 bits per heavy atom. The molecule has 1 aromatic heterocycles. The number of anilines is 1. The molecule has 0 bridgehead atoms. The Bertz CT molecular complexity index is 581. The number of hydrogen-bond acceptors (Lipinski definition) is 4. The van der Waals surface area contributed by atoms with E-state index in [9.17, 15) is 4.79 Å². The number of nitrogens with one attached hydrogen (secondary N) is 3. The Hall–Kier alpha value is -1.75. The summed E-state index contributed by atoms with van der Waals surface area (Å²) >= 11 is 0. The Morgan fingerprint density at radius 3 is 3.22 bits per heavy atom. The van der Waals surface area contributed by atoms with E-state index in [1.807, 2.05) is 18.2 Å². The first-order valence-electron chi connectivity index (χ1n) is 6.41. The first kappa shape index (κ1) is 11.3. The summed E-state index contributed by atoms with van der Waals surface area (Å²) in [7, 11) is 0. The minimum absolute atomic E-state index is 0.405. The molecule has 5 heteroatoms. The second kappa shape index (κ2) is 4.86. The molecule has 3 rings (SSSR count). The van der Waals surface area contributed by atoms with Gasteiger partial charge in [0.2, 0.25) is 0 Å². The van der Waals surface area contributed by atoms with Gasteiger partial charge in [-0.05, 0) is 44.0 Å². The van der Waals surface area contributed by atoms with Gasteiger partial charge in [0, 0.05) is 18.3 Å². The molecule has 1 atom stereocenters. The largest absolute Gasteiger partial charge is 0.417 e. The van der Waals surface area contributed by atoms with Gasteiger partial charge in [0.05, 0.1) is 5.52 Å². The van der Waals surface area contributed by atoms with E-state index < -0.39 is 5.76 Å². The monoisotopic (exact) mass is 247 g/mol. The zero-order chi connectivity index (χ0) is 12.4. The number of H-pyrrole nitrogens is 1. The van der Waals surface area contributed by atoms with Crippen LogP contribution in [0.1, 0.15) is 19.3 Å². The number of fused-ring (bicyclic) bond motifs is 1. The summed E-state index contributed by atoms with van der Waals surface area (Å²) in [6.45, 7) is 2.08. The summed E-state index contributed by atoms with van der Waals surface area (Å²) in [6, 6.07) is 6.29. The molecule has 1 aliphatic heterocycles. The number of benzene rings is 1. The van der Waals surface area contributed by atoms with Gasteiger partial charge >= 0.3 is 5.76 Å². The van der Waals surface area contributed by atoms with Gasteiger partial charge in [-0.1, -0.05) is 0 Å². The lowest BCUT2D eigenvalue weighted by Crippen LogP contribution is -2.24. The summed E-state index contributed by atoms with van der Waals surface area (Å²) < 4.78 is 4.96. The van der Waals surface area contributed by atoms with Crippen molar-refractivity contribution in [2.24, 2.45) is 0 Å². The lowest BCUT2D eigenvalue weighted by Gasteiger charge is -2.11. The highest BCUT2D eigenvalue weighted by molar-refractivity contribution is 5.76. The molecule has 3 N–H and O–H groups in total. The zero-order valence-electron chi connectivity index (χ0n) is 10.2. The summed E-state index contributed by atoms with van der Waals surface area (Å²) in [6.07, 6.45) is 3.68. The molecule has 2 aromatic rings. The van der Waals surface area contributed by atoms with Gasteiger partial charge in [-0.2, -0.15) is 0 Å². The van der Waals surface area contributed by atoms with E-state index in [0.717, 1.165) is 30.7 Å². The maximum absolute atomic E-state index is 11.0. The quantitative estimate of drug-likeness (QED) is 0.768. The fourth-order valence-electron chi connectivity index (χ4n) is 2.46. The molecule has 1 saturated heterocycles. The van der Waals surface area contributed by atoms with Crippen LogP contribution < -0.4 is 16.4 Å². The molecule has 0 saturated carbocycles. The van der Waals surface area contributed by atoms with Crippen LogP contribution in [0, 0.1) is 0 Å². The van der Waals surface area contributed by atoms with Crippen LogP contribution in [0.4, 0.5) is 5.69 Å². The molecule has 96 valence electrons. The number of aromatic amines is 1. The van der Waals surface area contributed by atoms with Crippen molar-refractivity contribution in [3.8, 4) is 0 Å². The highest BCUT2D eigenvalue weighted by Gasteiger charge is 2.12. The van der Waals surface area contributed by atoms with Gasteiger partial charge < -0.3 is 15.1 Å². The van der Waals surface area contributed by atoms with Crippen LogP contribution in [-0.2, 0) is 0 Å². The molecule has 2 heterocycles. The van der Waals surface area contributed by atoms with Crippen LogP contribution in [0.5, 0.6) is 0 Å². The third-order valence-corrected chi connectivity index (χ3v) is 3.40. The van der Waals surface area contributed by atoms with Crippen molar-refractivity contribution >= 4 is 16.8 Å². The predicted molar refractivity (Wildman–Crippen MR) is 71.0 cm³/mol. The summed E-state index contributed by atoms with van der Waals surface area (Å²) in [4.78, 5) is 13.7. The third-order valence-electron chi connectivity index (χ3n) is 3.40. The maximum atomic E-state index is 11.0. The van der Waals surface area contributed by atoms with Crippen LogP contribution in [0.2, 0.25) is 0 Å². The van der Waals surface area contributed by atoms with Crippen molar-refractivity contribution in [2.75, 3.05) is 18.4 Å². The standard InChI is InChI=1S/C13H17N3O2/c17-13-16-11-8-10(3-4-12(11)18-13)15-7-5-9-2-1-6-14-9/h3-4,8-9,14-15H,1-2,5-7H2,(H,16,17). The van der Waals surface area contributed by atoms with Crippen molar-refractivity contribution in [2.45, 2.75) is 25.3 Å². The SMILES string of the molecule is O=c1[nH]c2cc(NCCC3CCCN3)ccc2o1. The molecule has 1 unspecified atom stereocenters. The normalized spacial score (nSPS) is 19.4. The number of rotatable bonds is 4. The summed E-state index contributed by atoms with van der Waals surface area (Å²) in [5, 5.41) is 6.84. The fraction of sp³-hybridized carbons (Fsp3) is 0.462. The predicted octanol–water partition coefficient (Wildman–Crippen LogP) is 1.68. The van der Waals surface area contributed by atoms with Crippen LogP contribution >= 0.6 is 0 Å². The smallest absolute Gasteiger partial charge is 0.408 e. The van der Waals surface area contributed by atoms with E-state index >= 15 is 0 Å². The third kappa shape index (κ3) is 2.41. The molecular weight excluding hydrogens is 230 g/mol. The van der Waals surface area contributed by atoms with Gasteiger partial charge in [-0.3, -0.25) is 4.98 Å². The molecule has 0 spiro atoms. The molecule has 5 nitrogen and oxygen atoms in total. The zero-order valence-corrected chi connectivity index (χ0v) is 10.2. The Kier molecular flexibility index (Phi) is 3.06. The van der Waals surface area contributed by atoms with E-state index in [-0.39, 0.29) is 0 Å². The van der Waals surface area contributed by atoms with Gasteiger partial charge in [-0.25, -0.2) is 4.79 Å². The molecule has 18 heavy (non-hydrogen) atoms. The lowest BCUT2D eigenvalue weighted by molar-refractivity contribution is 0.555. The van der Waals surface area contributed by atoms with Gasteiger partial charge in [-0.15, -0.1) is 0 Å². The number of oxazole rings is 1. The van der Waals surface area contributed by atoms with E-state index in [1.165, 1.54) is 12.8 Å². The minimum atomic E-state index is -0.405. The van der Waals surface area contributed by atoms with Crippen molar-refractivity contribution in [3.05, 3.63) is 28.7 Å². The van der Waals surface area contributed by atoms with Crippen LogP contribution in [0.3, 0.4) is 0 Å². The molecular formula is C13H17N3O2. The van der Waals surface area contributed by atoms with Crippen molar-refractivity contribution in [3.63, 3.8) is 0 Å². The second-order valence-corrected chi connectivity index (χ2v) is 4.73. The van der Waals surface area contributed by atoms with E-state index in [0.29, 0.717) is 11.6 Å². The highest BCUT2D eigenvalue weighted by Crippen LogP contribution is 2.16.